The van der Waals surface area contributed by atoms with Gasteiger partial charge < -0.3 is 10.0 Å². The van der Waals surface area contributed by atoms with Crippen molar-refractivity contribution >= 4 is 22.4 Å². The minimum absolute atomic E-state index is 0.0935. The van der Waals surface area contributed by atoms with Gasteiger partial charge in [0.25, 0.3) is 0 Å². The number of para-hydroxylation sites is 1. The predicted octanol–water partition coefficient (Wildman–Crippen LogP) is 2.69. The molecule has 2 aromatic heterocycles. The first kappa shape index (κ1) is 15.2. The maximum absolute atomic E-state index is 13.1. The van der Waals surface area contributed by atoms with E-state index in [0.717, 1.165) is 11.2 Å². The molecule has 1 aromatic carbocycles. The normalized spacial score (nSPS) is 22.0. The van der Waals surface area contributed by atoms with E-state index >= 15 is 0 Å². The molecule has 0 saturated carbocycles. The highest BCUT2D eigenvalue weighted by Crippen LogP contribution is 2.40. The highest BCUT2D eigenvalue weighted by Gasteiger charge is 2.57. The third kappa shape index (κ3) is 2.13. The molecule has 4 rings (SSSR count). The summed E-state index contributed by atoms with van der Waals surface area (Å²) < 4.78 is 41.0. The average Bonchev–Trinajstić information content (AvgIpc) is 3.09. The van der Waals surface area contributed by atoms with Crippen molar-refractivity contribution in [1.82, 2.24) is 14.6 Å². The molecule has 1 N–H and O–H groups in total. The quantitative estimate of drug-likeness (QED) is 0.742. The van der Waals surface area contributed by atoms with E-state index in [1.807, 2.05) is 25.1 Å². The van der Waals surface area contributed by atoms with Gasteiger partial charge in [0.05, 0.1) is 17.8 Å². The van der Waals surface area contributed by atoms with Crippen molar-refractivity contribution in [2.24, 2.45) is 0 Å². The number of fused-ring (bicyclic) bond motifs is 3. The number of alkyl halides is 3. The third-order valence-electron chi connectivity index (χ3n) is 4.48. The number of halogens is 3. The van der Waals surface area contributed by atoms with Crippen molar-refractivity contribution < 1.29 is 18.3 Å². The van der Waals surface area contributed by atoms with E-state index in [-0.39, 0.29) is 13.0 Å². The van der Waals surface area contributed by atoms with Crippen LogP contribution in [0.3, 0.4) is 0 Å². The van der Waals surface area contributed by atoms with Crippen LogP contribution in [0.5, 0.6) is 0 Å². The average molecular weight is 336 g/mol. The molecule has 24 heavy (non-hydrogen) atoms. The van der Waals surface area contributed by atoms with Crippen LogP contribution in [-0.2, 0) is 0 Å². The zero-order valence-corrected chi connectivity index (χ0v) is 12.9. The van der Waals surface area contributed by atoms with Crippen LogP contribution in [0.15, 0.2) is 30.3 Å². The number of aryl methyl sites for hydroxylation is 1. The summed E-state index contributed by atoms with van der Waals surface area (Å²) in [5.74, 6) is 0.443. The molecule has 0 spiro atoms. The number of nitrogens with zero attached hydrogens (tertiary/aromatic N) is 4. The SMILES string of the molecule is Cc1cc2nc(N3CC[C@](O)(C(F)(F)F)C3)c3ccccc3n2n1. The lowest BCUT2D eigenvalue weighted by atomic mass is 10.0. The highest BCUT2D eigenvalue weighted by molar-refractivity contribution is 5.92. The third-order valence-corrected chi connectivity index (χ3v) is 4.48. The van der Waals surface area contributed by atoms with Crippen molar-refractivity contribution in [3.05, 3.63) is 36.0 Å². The second-order valence-electron chi connectivity index (χ2n) is 6.21. The zero-order chi connectivity index (χ0) is 17.1. The zero-order valence-electron chi connectivity index (χ0n) is 12.9. The minimum atomic E-state index is -4.66. The molecule has 3 heterocycles. The van der Waals surface area contributed by atoms with Crippen molar-refractivity contribution in [3.8, 4) is 0 Å². The maximum atomic E-state index is 13.1. The fourth-order valence-electron chi connectivity index (χ4n) is 3.21. The van der Waals surface area contributed by atoms with E-state index < -0.39 is 18.3 Å². The molecule has 126 valence electrons. The summed E-state index contributed by atoms with van der Waals surface area (Å²) in [6, 6.07) is 9.09. The first-order valence-corrected chi connectivity index (χ1v) is 7.58. The van der Waals surface area contributed by atoms with Gasteiger partial charge in [-0.1, -0.05) is 12.1 Å². The first-order valence-electron chi connectivity index (χ1n) is 7.58. The Bertz CT molecular complexity index is 936. The fourth-order valence-corrected chi connectivity index (χ4v) is 3.21. The van der Waals surface area contributed by atoms with Gasteiger partial charge in [-0.2, -0.15) is 18.3 Å². The Morgan fingerprint density at radius 2 is 2.00 bits per heavy atom. The molecule has 8 heteroatoms. The second-order valence-corrected chi connectivity index (χ2v) is 6.21. The molecule has 0 aliphatic carbocycles. The van der Waals surface area contributed by atoms with Crippen molar-refractivity contribution in [3.63, 3.8) is 0 Å². The van der Waals surface area contributed by atoms with Crippen LogP contribution in [0.4, 0.5) is 19.0 Å². The lowest BCUT2D eigenvalue weighted by Crippen LogP contribution is -2.47. The van der Waals surface area contributed by atoms with Gasteiger partial charge in [0.1, 0.15) is 5.82 Å². The fraction of sp³-hybridized carbons (Fsp3) is 0.375. The number of anilines is 1. The Balaban J connectivity index is 1.87. The van der Waals surface area contributed by atoms with Crippen LogP contribution in [0.2, 0.25) is 0 Å². The van der Waals surface area contributed by atoms with Gasteiger partial charge in [0.15, 0.2) is 11.2 Å². The number of β-amino-alcohol motifs (C(OH)–C–C–N with tert-alkyl or cyclic N) is 1. The lowest BCUT2D eigenvalue weighted by Gasteiger charge is -2.26. The monoisotopic (exact) mass is 336 g/mol. The summed E-state index contributed by atoms with van der Waals surface area (Å²) in [7, 11) is 0. The molecular weight excluding hydrogens is 321 g/mol. The van der Waals surface area contributed by atoms with E-state index in [1.54, 1.807) is 16.6 Å². The summed E-state index contributed by atoms with van der Waals surface area (Å²) in [4.78, 5) is 6.00. The van der Waals surface area contributed by atoms with Crippen molar-refractivity contribution in [2.75, 3.05) is 18.0 Å². The van der Waals surface area contributed by atoms with Crippen LogP contribution < -0.4 is 4.90 Å². The van der Waals surface area contributed by atoms with E-state index in [9.17, 15) is 18.3 Å². The summed E-state index contributed by atoms with van der Waals surface area (Å²) in [5.41, 5.74) is -0.576. The number of benzene rings is 1. The second kappa shape index (κ2) is 4.83. The van der Waals surface area contributed by atoms with Crippen LogP contribution in [-0.4, -0.2) is 44.6 Å². The standard InChI is InChI=1S/C16H15F3N4O/c1-10-8-13-20-14(11-4-2-3-5-12(11)23(13)21-10)22-7-6-15(24,9-22)16(17,18)19/h2-5,8,24H,6-7,9H2,1H3/t15-/m1/s1. The molecule has 0 bridgehead atoms. The summed E-state index contributed by atoms with van der Waals surface area (Å²) >= 11 is 0. The van der Waals surface area contributed by atoms with Crippen LogP contribution in [0, 0.1) is 6.92 Å². The topological polar surface area (TPSA) is 53.7 Å². The number of aromatic nitrogens is 3. The van der Waals surface area contributed by atoms with Gasteiger partial charge in [-0.3, -0.25) is 0 Å². The van der Waals surface area contributed by atoms with Crippen molar-refractivity contribution in [2.45, 2.75) is 25.1 Å². The van der Waals surface area contributed by atoms with Gasteiger partial charge in [0, 0.05) is 24.4 Å². The molecule has 0 radical (unpaired) electrons. The Morgan fingerprint density at radius 1 is 1.25 bits per heavy atom. The number of aliphatic hydroxyl groups is 1. The van der Waals surface area contributed by atoms with Crippen LogP contribution >= 0.6 is 0 Å². The number of hydrogen-bond donors (Lipinski definition) is 1. The predicted molar refractivity (Wildman–Crippen MR) is 83.1 cm³/mol. The largest absolute Gasteiger partial charge is 0.418 e. The van der Waals surface area contributed by atoms with Gasteiger partial charge >= 0.3 is 6.18 Å². The molecule has 0 amide bonds. The van der Waals surface area contributed by atoms with E-state index in [1.165, 1.54) is 4.90 Å². The summed E-state index contributed by atoms with van der Waals surface area (Å²) in [6.07, 6.45) is -5.02. The lowest BCUT2D eigenvalue weighted by molar-refractivity contribution is -0.250. The molecule has 1 fully saturated rings. The van der Waals surface area contributed by atoms with Gasteiger partial charge in [0.2, 0.25) is 0 Å². The van der Waals surface area contributed by atoms with E-state index in [2.05, 4.69) is 10.1 Å². The number of hydrogen-bond acceptors (Lipinski definition) is 4. The van der Waals surface area contributed by atoms with Gasteiger partial charge in [-0.25, -0.2) is 9.50 Å². The Labute approximate surface area is 135 Å². The molecule has 1 saturated heterocycles. The minimum Gasteiger partial charge on any atom is -0.379 e. The van der Waals surface area contributed by atoms with Gasteiger partial charge in [-0.15, -0.1) is 0 Å². The Hall–Kier alpha value is -2.35. The summed E-state index contributed by atoms with van der Waals surface area (Å²) in [5, 5.41) is 15.0. The molecule has 1 atom stereocenters. The highest BCUT2D eigenvalue weighted by atomic mass is 19.4. The van der Waals surface area contributed by atoms with Gasteiger partial charge in [-0.05, 0) is 19.1 Å². The molecule has 0 unspecified atom stereocenters. The van der Waals surface area contributed by atoms with E-state index in [0.29, 0.717) is 16.9 Å². The molecule has 1 aliphatic rings. The smallest absolute Gasteiger partial charge is 0.379 e. The van der Waals surface area contributed by atoms with E-state index in [4.69, 9.17) is 0 Å². The van der Waals surface area contributed by atoms with Crippen LogP contribution in [0.25, 0.3) is 16.6 Å². The van der Waals surface area contributed by atoms with Crippen LogP contribution in [0.1, 0.15) is 12.1 Å². The molecule has 1 aliphatic heterocycles. The first-order chi connectivity index (χ1) is 11.3. The summed E-state index contributed by atoms with van der Waals surface area (Å²) in [6.45, 7) is 1.41. The number of rotatable bonds is 1. The van der Waals surface area contributed by atoms with Crippen molar-refractivity contribution in [1.29, 1.82) is 0 Å². The molecule has 5 nitrogen and oxygen atoms in total. The Morgan fingerprint density at radius 3 is 2.71 bits per heavy atom. The molecule has 3 aromatic rings. The maximum Gasteiger partial charge on any atom is 0.418 e. The Kier molecular flexibility index (Phi) is 3.05. The molecular formula is C16H15F3N4O.